The average molecular weight is 381 g/mol. The van der Waals surface area contributed by atoms with Gasteiger partial charge >= 0.3 is 0 Å². The molecule has 0 saturated heterocycles. The van der Waals surface area contributed by atoms with Gasteiger partial charge in [-0.3, -0.25) is 9.59 Å². The van der Waals surface area contributed by atoms with Crippen molar-refractivity contribution in [2.75, 3.05) is 23.9 Å². The summed E-state index contributed by atoms with van der Waals surface area (Å²) in [4.78, 5) is 25.7. The molecule has 0 aromatic heterocycles. The van der Waals surface area contributed by atoms with Crippen molar-refractivity contribution in [3.8, 4) is 5.75 Å². The fourth-order valence-corrected chi connectivity index (χ4v) is 2.70. The number of hydrogen-bond donors (Lipinski definition) is 1. The fraction of sp³-hybridized carbons (Fsp3) is 0.222. The van der Waals surface area contributed by atoms with Gasteiger partial charge in [-0.05, 0) is 42.8 Å². The summed E-state index contributed by atoms with van der Waals surface area (Å²) >= 11 is 12.1. The number of amides is 2. The van der Waals surface area contributed by atoms with Gasteiger partial charge in [-0.15, -0.1) is 0 Å². The lowest BCUT2D eigenvalue weighted by Crippen LogP contribution is -2.37. The van der Waals surface area contributed by atoms with Crippen molar-refractivity contribution in [1.29, 1.82) is 0 Å². The second-order valence-corrected chi connectivity index (χ2v) is 6.30. The van der Waals surface area contributed by atoms with E-state index < -0.39 is 0 Å². The van der Waals surface area contributed by atoms with Crippen LogP contribution in [0.3, 0.4) is 0 Å². The van der Waals surface area contributed by atoms with E-state index in [1.807, 2.05) is 13.0 Å². The molecule has 0 spiro atoms. The number of carbonyl (C=O) groups excluding carboxylic acids is 2. The summed E-state index contributed by atoms with van der Waals surface area (Å²) in [7, 11) is 1.52. The maximum Gasteiger partial charge on any atom is 0.244 e. The smallest absolute Gasteiger partial charge is 0.244 e. The van der Waals surface area contributed by atoms with Gasteiger partial charge in [0.15, 0.2) is 0 Å². The molecule has 2 amide bonds. The minimum absolute atomic E-state index is 0.202. The van der Waals surface area contributed by atoms with Gasteiger partial charge in [0.1, 0.15) is 12.3 Å². The Morgan fingerprint density at radius 1 is 1.16 bits per heavy atom. The number of nitrogens with one attached hydrogen (secondary N) is 1. The number of hydrogen-bond acceptors (Lipinski definition) is 3. The molecule has 5 nitrogen and oxygen atoms in total. The van der Waals surface area contributed by atoms with Crippen molar-refractivity contribution in [3.05, 3.63) is 52.0 Å². The Morgan fingerprint density at radius 3 is 2.52 bits per heavy atom. The molecule has 1 N–H and O–H groups in total. The molecule has 132 valence electrons. The van der Waals surface area contributed by atoms with Gasteiger partial charge in [-0.2, -0.15) is 0 Å². The summed E-state index contributed by atoms with van der Waals surface area (Å²) in [5.41, 5.74) is 1.89. The predicted octanol–water partition coefficient (Wildman–Crippen LogP) is 4.30. The summed E-state index contributed by atoms with van der Waals surface area (Å²) in [5.74, 6) is -0.167. The van der Waals surface area contributed by atoms with E-state index in [0.29, 0.717) is 27.2 Å². The largest absolute Gasteiger partial charge is 0.495 e. The van der Waals surface area contributed by atoms with Crippen LogP contribution in [0.15, 0.2) is 36.4 Å². The molecular weight excluding hydrogens is 363 g/mol. The Balaban J connectivity index is 2.23. The lowest BCUT2D eigenvalue weighted by atomic mass is 10.2. The molecule has 0 atom stereocenters. The third-order valence-corrected chi connectivity index (χ3v) is 4.06. The summed E-state index contributed by atoms with van der Waals surface area (Å²) in [5, 5.41) is 3.51. The van der Waals surface area contributed by atoms with Crippen LogP contribution < -0.4 is 15.0 Å². The van der Waals surface area contributed by atoms with Crippen LogP contribution in [0.4, 0.5) is 11.4 Å². The summed E-state index contributed by atoms with van der Waals surface area (Å²) in [6.45, 7) is 3.06. The molecule has 0 bridgehead atoms. The fourth-order valence-electron chi connectivity index (χ4n) is 2.31. The van der Waals surface area contributed by atoms with Gasteiger partial charge in [-0.25, -0.2) is 0 Å². The van der Waals surface area contributed by atoms with Gasteiger partial charge in [0.05, 0.1) is 23.5 Å². The van der Waals surface area contributed by atoms with E-state index in [0.717, 1.165) is 5.56 Å². The molecule has 2 rings (SSSR count). The van der Waals surface area contributed by atoms with Crippen molar-refractivity contribution in [1.82, 2.24) is 0 Å². The van der Waals surface area contributed by atoms with Crippen LogP contribution in [0.5, 0.6) is 5.75 Å². The van der Waals surface area contributed by atoms with Gasteiger partial charge < -0.3 is 15.0 Å². The number of anilines is 2. The molecule has 0 saturated carbocycles. The molecule has 0 heterocycles. The number of rotatable bonds is 5. The van der Waals surface area contributed by atoms with Crippen molar-refractivity contribution >= 4 is 46.4 Å². The van der Waals surface area contributed by atoms with Gasteiger partial charge in [0, 0.05) is 11.9 Å². The van der Waals surface area contributed by atoms with Crippen LogP contribution in [-0.2, 0) is 9.59 Å². The predicted molar refractivity (Wildman–Crippen MR) is 101 cm³/mol. The highest BCUT2D eigenvalue weighted by molar-refractivity contribution is 6.35. The average Bonchev–Trinajstić information content (AvgIpc) is 2.55. The molecule has 25 heavy (non-hydrogen) atoms. The molecule has 0 aliphatic heterocycles. The van der Waals surface area contributed by atoms with Crippen LogP contribution in [0.25, 0.3) is 0 Å². The Labute approximate surface area is 156 Å². The van der Waals surface area contributed by atoms with Gasteiger partial charge in [0.2, 0.25) is 11.8 Å². The van der Waals surface area contributed by atoms with E-state index in [9.17, 15) is 9.59 Å². The minimum atomic E-state index is -0.379. The summed E-state index contributed by atoms with van der Waals surface area (Å²) in [6.07, 6.45) is 0. The first-order valence-electron chi connectivity index (χ1n) is 7.49. The zero-order valence-corrected chi connectivity index (χ0v) is 15.6. The number of methoxy groups -OCH3 is 1. The highest BCUT2D eigenvalue weighted by atomic mass is 35.5. The topological polar surface area (TPSA) is 58.6 Å². The molecule has 0 fully saturated rings. The molecule has 2 aromatic carbocycles. The summed E-state index contributed by atoms with van der Waals surface area (Å²) < 4.78 is 5.24. The number of aryl methyl sites for hydroxylation is 1. The van der Waals surface area contributed by atoms with E-state index in [1.54, 1.807) is 30.3 Å². The van der Waals surface area contributed by atoms with Crippen molar-refractivity contribution < 1.29 is 14.3 Å². The maximum absolute atomic E-state index is 12.4. The Hall–Kier alpha value is -2.24. The molecule has 0 aliphatic carbocycles. The monoisotopic (exact) mass is 380 g/mol. The Kier molecular flexibility index (Phi) is 6.28. The number of carbonyl (C=O) groups is 2. The third-order valence-electron chi connectivity index (χ3n) is 3.51. The van der Waals surface area contributed by atoms with E-state index in [2.05, 4.69) is 5.32 Å². The Bertz CT molecular complexity index is 809. The van der Waals surface area contributed by atoms with E-state index in [4.69, 9.17) is 27.9 Å². The van der Waals surface area contributed by atoms with Crippen LogP contribution in [0, 0.1) is 6.92 Å². The van der Waals surface area contributed by atoms with Crippen LogP contribution in [0.2, 0.25) is 10.0 Å². The molecule has 7 heteroatoms. The van der Waals surface area contributed by atoms with Gasteiger partial charge in [0.25, 0.3) is 0 Å². The van der Waals surface area contributed by atoms with E-state index in [1.165, 1.54) is 18.9 Å². The SMILES string of the molecule is COc1ccc(C)cc1NC(=O)CN(C(C)=O)c1cc(Cl)ccc1Cl. The van der Waals surface area contributed by atoms with Crippen molar-refractivity contribution in [3.63, 3.8) is 0 Å². The first-order valence-corrected chi connectivity index (χ1v) is 8.25. The van der Waals surface area contributed by atoms with E-state index >= 15 is 0 Å². The van der Waals surface area contributed by atoms with Gasteiger partial charge in [-0.1, -0.05) is 29.3 Å². The lowest BCUT2D eigenvalue weighted by Gasteiger charge is -2.22. The Morgan fingerprint density at radius 2 is 1.88 bits per heavy atom. The lowest BCUT2D eigenvalue weighted by molar-refractivity contribution is -0.120. The second kappa shape index (κ2) is 8.23. The summed E-state index contributed by atoms with van der Waals surface area (Å²) in [6, 6.07) is 10.2. The van der Waals surface area contributed by atoms with Crippen LogP contribution in [0.1, 0.15) is 12.5 Å². The minimum Gasteiger partial charge on any atom is -0.495 e. The third kappa shape index (κ3) is 4.87. The maximum atomic E-state index is 12.4. The first-order chi connectivity index (χ1) is 11.8. The first kappa shape index (κ1) is 19.1. The zero-order valence-electron chi connectivity index (χ0n) is 14.1. The van der Waals surface area contributed by atoms with Crippen LogP contribution >= 0.6 is 23.2 Å². The highest BCUT2D eigenvalue weighted by Gasteiger charge is 2.19. The number of ether oxygens (including phenoxy) is 1. The molecule has 2 aromatic rings. The highest BCUT2D eigenvalue weighted by Crippen LogP contribution is 2.30. The molecule has 0 aliphatic rings. The zero-order chi connectivity index (χ0) is 18.6. The number of benzene rings is 2. The number of nitrogens with zero attached hydrogens (tertiary/aromatic N) is 1. The normalized spacial score (nSPS) is 10.3. The standard InChI is InChI=1S/C18H18Cl2N2O3/c1-11-4-7-17(25-3)15(8-11)21-18(24)10-22(12(2)23)16-9-13(19)5-6-14(16)20/h4-9H,10H2,1-3H3,(H,21,24). The number of halogens is 2. The molecular formula is C18H18Cl2N2O3. The van der Waals surface area contributed by atoms with Crippen molar-refractivity contribution in [2.24, 2.45) is 0 Å². The molecule has 0 unspecified atom stereocenters. The second-order valence-electron chi connectivity index (χ2n) is 5.45. The van der Waals surface area contributed by atoms with E-state index in [-0.39, 0.29) is 18.4 Å². The van der Waals surface area contributed by atoms with Crippen molar-refractivity contribution in [2.45, 2.75) is 13.8 Å². The van der Waals surface area contributed by atoms with Crippen LogP contribution in [-0.4, -0.2) is 25.5 Å². The molecule has 0 radical (unpaired) electrons. The quantitative estimate of drug-likeness (QED) is 0.840.